The molecule has 7 nitrogen and oxygen atoms in total. The Morgan fingerprint density at radius 1 is 1.11 bits per heavy atom. The molecule has 5 rings (SSSR count). The summed E-state index contributed by atoms with van der Waals surface area (Å²) in [4.78, 5) is 22.2. The van der Waals surface area contributed by atoms with Crippen LogP contribution in [-0.4, -0.2) is 31.3 Å². The zero-order chi connectivity index (χ0) is 19.1. The number of ether oxygens (including phenoxy) is 1. The molecule has 0 unspecified atom stereocenters. The summed E-state index contributed by atoms with van der Waals surface area (Å²) < 4.78 is 8.68. The van der Waals surface area contributed by atoms with Gasteiger partial charge in [0.25, 0.3) is 11.3 Å². The van der Waals surface area contributed by atoms with Gasteiger partial charge in [0.1, 0.15) is 5.75 Å². The van der Waals surface area contributed by atoms with E-state index in [1.807, 2.05) is 30.3 Å². The number of methoxy groups -OCH3 is 1. The molecule has 4 aromatic rings. The number of hydrogen-bond donors (Lipinski definition) is 0. The summed E-state index contributed by atoms with van der Waals surface area (Å²) >= 11 is 0. The smallest absolute Gasteiger partial charge is 0.266 e. The minimum absolute atomic E-state index is 0.161. The van der Waals surface area contributed by atoms with Crippen LogP contribution in [0.3, 0.4) is 0 Å². The molecular formula is C21H21N5O2. The van der Waals surface area contributed by atoms with Gasteiger partial charge in [-0.15, -0.1) is 5.10 Å². The summed E-state index contributed by atoms with van der Waals surface area (Å²) in [7, 11) is 1.60. The normalized spacial score (nSPS) is 15.3. The highest BCUT2D eigenvalue weighted by Crippen LogP contribution is 2.31. The summed E-state index contributed by atoms with van der Waals surface area (Å²) in [6, 6.07) is 9.33. The molecule has 3 aromatic heterocycles. The molecule has 1 aromatic carbocycles. The Hall–Kier alpha value is -3.22. The van der Waals surface area contributed by atoms with Crippen LogP contribution in [0.5, 0.6) is 5.75 Å². The molecule has 0 N–H and O–H groups in total. The third-order valence-electron chi connectivity index (χ3n) is 5.57. The molecule has 0 amide bonds. The van der Waals surface area contributed by atoms with E-state index in [0.29, 0.717) is 28.5 Å². The van der Waals surface area contributed by atoms with Crippen LogP contribution in [0.15, 0.2) is 47.5 Å². The highest BCUT2D eigenvalue weighted by molar-refractivity contribution is 5.79. The molecule has 0 bridgehead atoms. The third-order valence-corrected chi connectivity index (χ3v) is 5.57. The molecule has 0 radical (unpaired) electrons. The molecule has 0 aliphatic heterocycles. The van der Waals surface area contributed by atoms with Gasteiger partial charge in [0, 0.05) is 18.3 Å². The predicted molar refractivity (Wildman–Crippen MR) is 106 cm³/mol. The fourth-order valence-corrected chi connectivity index (χ4v) is 4.09. The van der Waals surface area contributed by atoms with Gasteiger partial charge in [-0.25, -0.2) is 4.98 Å². The Labute approximate surface area is 161 Å². The van der Waals surface area contributed by atoms with Crippen molar-refractivity contribution in [3.63, 3.8) is 0 Å². The second kappa shape index (κ2) is 6.74. The summed E-state index contributed by atoms with van der Waals surface area (Å²) in [5.74, 6) is 2.41. The van der Waals surface area contributed by atoms with Crippen molar-refractivity contribution >= 4 is 16.7 Å². The Morgan fingerprint density at radius 3 is 2.75 bits per heavy atom. The Kier molecular flexibility index (Phi) is 4.07. The molecule has 1 aliphatic rings. The van der Waals surface area contributed by atoms with Gasteiger partial charge < -0.3 is 4.74 Å². The topological polar surface area (TPSA) is 74.3 Å². The highest BCUT2D eigenvalue weighted by atomic mass is 16.5. The van der Waals surface area contributed by atoms with Gasteiger partial charge in [0.15, 0.2) is 5.82 Å². The predicted octanol–water partition coefficient (Wildman–Crippen LogP) is 3.48. The van der Waals surface area contributed by atoms with E-state index < -0.39 is 0 Å². The number of fused-ring (bicyclic) bond motifs is 3. The van der Waals surface area contributed by atoms with Crippen molar-refractivity contribution in [3.8, 4) is 11.4 Å². The number of aromatic nitrogens is 5. The molecule has 1 fully saturated rings. The first-order chi connectivity index (χ1) is 13.8. The lowest BCUT2D eigenvalue weighted by molar-refractivity contribution is 0.412. The van der Waals surface area contributed by atoms with Gasteiger partial charge in [-0.1, -0.05) is 31.4 Å². The van der Waals surface area contributed by atoms with Crippen molar-refractivity contribution in [2.24, 2.45) is 0 Å². The number of para-hydroxylation sites is 2. The van der Waals surface area contributed by atoms with E-state index in [2.05, 4.69) is 9.97 Å². The van der Waals surface area contributed by atoms with Gasteiger partial charge in [0.2, 0.25) is 0 Å². The first-order valence-corrected chi connectivity index (χ1v) is 9.66. The molecule has 7 heteroatoms. The molecule has 0 spiro atoms. The molecule has 3 heterocycles. The van der Waals surface area contributed by atoms with E-state index >= 15 is 0 Å². The minimum Gasteiger partial charge on any atom is -0.495 e. The fraction of sp³-hybridized carbons (Fsp3) is 0.333. The Balaban J connectivity index is 1.67. The highest BCUT2D eigenvalue weighted by Gasteiger charge is 2.21. The lowest BCUT2D eigenvalue weighted by atomic mass is 9.89. The van der Waals surface area contributed by atoms with Crippen LogP contribution in [-0.2, 0) is 0 Å². The zero-order valence-electron chi connectivity index (χ0n) is 15.7. The molecule has 0 atom stereocenters. The number of pyridine rings is 1. The number of nitrogens with zero attached hydrogens (tertiary/aromatic N) is 5. The van der Waals surface area contributed by atoms with Crippen LogP contribution < -0.4 is 10.3 Å². The summed E-state index contributed by atoms with van der Waals surface area (Å²) in [6.45, 7) is 0. The Bertz CT molecular complexity index is 1220. The number of hydrogen-bond acceptors (Lipinski definition) is 5. The summed E-state index contributed by atoms with van der Waals surface area (Å²) in [5.41, 5.74) is 1.25. The fourth-order valence-electron chi connectivity index (χ4n) is 4.09. The second-order valence-corrected chi connectivity index (χ2v) is 7.24. The van der Waals surface area contributed by atoms with E-state index in [4.69, 9.17) is 9.84 Å². The van der Waals surface area contributed by atoms with Crippen LogP contribution >= 0.6 is 0 Å². The van der Waals surface area contributed by atoms with Gasteiger partial charge in [0.05, 0.1) is 23.7 Å². The quantitative estimate of drug-likeness (QED) is 0.548. The van der Waals surface area contributed by atoms with Crippen molar-refractivity contribution in [3.05, 3.63) is 58.9 Å². The van der Waals surface area contributed by atoms with Crippen molar-refractivity contribution in [1.29, 1.82) is 0 Å². The average molecular weight is 375 g/mol. The van der Waals surface area contributed by atoms with Crippen molar-refractivity contribution in [1.82, 2.24) is 24.1 Å². The molecular weight excluding hydrogens is 354 g/mol. The maximum absolute atomic E-state index is 13.2. The molecule has 0 saturated heterocycles. The van der Waals surface area contributed by atoms with Gasteiger partial charge in [-0.2, -0.15) is 9.50 Å². The zero-order valence-corrected chi connectivity index (χ0v) is 15.7. The monoisotopic (exact) mass is 375 g/mol. The molecule has 28 heavy (non-hydrogen) atoms. The maximum atomic E-state index is 13.2. The van der Waals surface area contributed by atoms with Gasteiger partial charge in [-0.3, -0.25) is 9.36 Å². The SMILES string of the molecule is COc1ccccc1-n1ccc2c(cnc3nc(C4CCCCC4)nn32)c1=O. The van der Waals surface area contributed by atoms with Crippen LogP contribution in [0, 0.1) is 0 Å². The van der Waals surface area contributed by atoms with Gasteiger partial charge in [-0.05, 0) is 31.0 Å². The minimum atomic E-state index is -0.161. The molecule has 1 aliphatic carbocycles. The van der Waals surface area contributed by atoms with Crippen molar-refractivity contribution in [2.45, 2.75) is 38.0 Å². The van der Waals surface area contributed by atoms with Crippen molar-refractivity contribution < 1.29 is 4.74 Å². The van der Waals surface area contributed by atoms with E-state index in [1.54, 1.807) is 28.6 Å². The van der Waals surface area contributed by atoms with E-state index in [-0.39, 0.29) is 5.56 Å². The molecule has 142 valence electrons. The second-order valence-electron chi connectivity index (χ2n) is 7.24. The van der Waals surface area contributed by atoms with E-state index in [9.17, 15) is 4.79 Å². The summed E-state index contributed by atoms with van der Waals surface area (Å²) in [5, 5.41) is 5.21. The molecule has 1 saturated carbocycles. The van der Waals surface area contributed by atoms with Crippen molar-refractivity contribution in [2.75, 3.05) is 7.11 Å². The maximum Gasteiger partial charge on any atom is 0.266 e. The van der Waals surface area contributed by atoms with Gasteiger partial charge >= 0.3 is 0 Å². The van der Waals surface area contributed by atoms with Crippen LogP contribution in [0.25, 0.3) is 22.4 Å². The van der Waals surface area contributed by atoms with Crippen LogP contribution in [0.4, 0.5) is 0 Å². The third kappa shape index (κ3) is 2.66. The van der Waals surface area contributed by atoms with E-state index in [0.717, 1.165) is 24.2 Å². The summed E-state index contributed by atoms with van der Waals surface area (Å²) in [6.07, 6.45) is 9.32. The number of benzene rings is 1. The standard InChI is InChI=1S/C21H21N5O2/c1-28-18-10-6-5-9-17(18)25-12-11-16-15(20(25)27)13-22-21-23-19(24-26(16)21)14-7-3-2-4-8-14/h5-6,9-14H,2-4,7-8H2,1H3. The first kappa shape index (κ1) is 16.9. The van der Waals surface area contributed by atoms with Crippen LogP contribution in [0.2, 0.25) is 0 Å². The van der Waals surface area contributed by atoms with E-state index in [1.165, 1.54) is 19.3 Å². The lowest BCUT2D eigenvalue weighted by Crippen LogP contribution is -2.19. The largest absolute Gasteiger partial charge is 0.495 e. The number of rotatable bonds is 3. The first-order valence-electron chi connectivity index (χ1n) is 9.66. The average Bonchev–Trinajstić information content (AvgIpc) is 3.19. The lowest BCUT2D eigenvalue weighted by Gasteiger charge is -2.17. The van der Waals surface area contributed by atoms with Crippen LogP contribution in [0.1, 0.15) is 43.8 Å². The Morgan fingerprint density at radius 2 is 1.93 bits per heavy atom.